The van der Waals surface area contributed by atoms with Gasteiger partial charge in [-0.05, 0) is 37.8 Å². The first kappa shape index (κ1) is 16.4. The molecule has 0 bridgehead atoms. The molecule has 2 heterocycles. The minimum Gasteiger partial charge on any atom is -0.345 e. The van der Waals surface area contributed by atoms with E-state index in [1.54, 1.807) is 11.8 Å². The van der Waals surface area contributed by atoms with E-state index in [-0.39, 0.29) is 17.2 Å². The molecule has 0 N–H and O–H groups in total. The molecule has 1 aromatic rings. The summed E-state index contributed by atoms with van der Waals surface area (Å²) in [4.78, 5) is 29.9. The Kier molecular flexibility index (Phi) is 4.67. The largest absolute Gasteiger partial charge is 0.345 e. The standard InChI is InChI=1S/C18H24N2O2S/c1-14-6-3-4-7-15(14)23-12-16(21)20-11-9-18(13-20)8-5-10-19(2)17(18)22/h3-4,6-7H,5,8-13H2,1-2H3/t18-/m0/s1. The summed E-state index contributed by atoms with van der Waals surface area (Å²) >= 11 is 1.59. The van der Waals surface area contributed by atoms with Crippen molar-refractivity contribution in [1.29, 1.82) is 0 Å². The Morgan fingerprint density at radius 3 is 2.83 bits per heavy atom. The number of rotatable bonds is 3. The zero-order valence-electron chi connectivity index (χ0n) is 13.9. The number of carbonyl (C=O) groups is 2. The number of likely N-dealkylation sites (tertiary alicyclic amines) is 2. The summed E-state index contributed by atoms with van der Waals surface area (Å²) in [5, 5.41) is 0. The summed E-state index contributed by atoms with van der Waals surface area (Å²) in [5.74, 6) is 0.826. The molecule has 0 aromatic heterocycles. The highest BCUT2D eigenvalue weighted by molar-refractivity contribution is 8.00. The van der Waals surface area contributed by atoms with Gasteiger partial charge < -0.3 is 9.80 Å². The second kappa shape index (κ2) is 6.56. The van der Waals surface area contributed by atoms with E-state index < -0.39 is 0 Å². The quantitative estimate of drug-likeness (QED) is 0.799. The van der Waals surface area contributed by atoms with E-state index in [1.165, 1.54) is 5.56 Å². The molecule has 1 spiro atoms. The van der Waals surface area contributed by atoms with E-state index in [4.69, 9.17) is 0 Å². The van der Waals surface area contributed by atoms with Crippen LogP contribution >= 0.6 is 11.8 Å². The predicted octanol–water partition coefficient (Wildman–Crippen LogP) is 2.56. The average Bonchev–Trinajstić information content (AvgIpc) is 2.97. The molecule has 23 heavy (non-hydrogen) atoms. The predicted molar refractivity (Wildman–Crippen MR) is 92.4 cm³/mol. The summed E-state index contributed by atoms with van der Waals surface area (Å²) in [6, 6.07) is 8.13. The van der Waals surface area contributed by atoms with Crippen LogP contribution in [0, 0.1) is 12.3 Å². The zero-order valence-corrected chi connectivity index (χ0v) is 14.7. The van der Waals surface area contributed by atoms with E-state index in [1.807, 2.05) is 29.0 Å². The van der Waals surface area contributed by atoms with Gasteiger partial charge in [0.05, 0.1) is 11.2 Å². The fraction of sp³-hybridized carbons (Fsp3) is 0.556. The number of thioether (sulfide) groups is 1. The van der Waals surface area contributed by atoms with Crippen molar-refractivity contribution in [3.63, 3.8) is 0 Å². The molecular weight excluding hydrogens is 308 g/mol. The van der Waals surface area contributed by atoms with Crippen LogP contribution in [0.3, 0.4) is 0 Å². The van der Waals surface area contributed by atoms with Crippen molar-refractivity contribution in [2.75, 3.05) is 32.4 Å². The van der Waals surface area contributed by atoms with Crippen LogP contribution in [-0.2, 0) is 9.59 Å². The maximum Gasteiger partial charge on any atom is 0.232 e. The van der Waals surface area contributed by atoms with Crippen molar-refractivity contribution >= 4 is 23.6 Å². The number of hydrogen-bond acceptors (Lipinski definition) is 3. The molecule has 0 radical (unpaired) electrons. The SMILES string of the molecule is Cc1ccccc1SCC(=O)N1CC[C@@]2(CCCN(C)C2=O)C1. The molecule has 3 rings (SSSR count). The summed E-state index contributed by atoms with van der Waals surface area (Å²) in [5.41, 5.74) is 0.892. The Morgan fingerprint density at radius 1 is 1.26 bits per heavy atom. The van der Waals surface area contributed by atoms with Gasteiger partial charge in [-0.25, -0.2) is 0 Å². The third-order valence-electron chi connectivity index (χ3n) is 5.10. The van der Waals surface area contributed by atoms with Crippen molar-refractivity contribution < 1.29 is 9.59 Å². The Hall–Kier alpha value is -1.49. The highest BCUT2D eigenvalue weighted by atomic mass is 32.2. The van der Waals surface area contributed by atoms with Crippen LogP contribution in [0.25, 0.3) is 0 Å². The summed E-state index contributed by atoms with van der Waals surface area (Å²) in [7, 11) is 1.88. The smallest absolute Gasteiger partial charge is 0.232 e. The number of amides is 2. The number of carbonyl (C=O) groups excluding carboxylic acids is 2. The summed E-state index contributed by atoms with van der Waals surface area (Å²) in [6.07, 6.45) is 2.78. The molecule has 5 heteroatoms. The van der Waals surface area contributed by atoms with Crippen molar-refractivity contribution in [3.05, 3.63) is 29.8 Å². The van der Waals surface area contributed by atoms with Crippen LogP contribution in [0.5, 0.6) is 0 Å². The van der Waals surface area contributed by atoms with E-state index >= 15 is 0 Å². The van der Waals surface area contributed by atoms with Crippen LogP contribution in [0.1, 0.15) is 24.8 Å². The van der Waals surface area contributed by atoms with Gasteiger partial charge in [-0.2, -0.15) is 0 Å². The Bertz CT molecular complexity index is 619. The first-order chi connectivity index (χ1) is 11.0. The van der Waals surface area contributed by atoms with Crippen LogP contribution in [0.2, 0.25) is 0 Å². The highest BCUT2D eigenvalue weighted by Crippen LogP contribution is 2.40. The minimum absolute atomic E-state index is 0.149. The average molecular weight is 332 g/mol. The lowest BCUT2D eigenvalue weighted by atomic mass is 9.78. The van der Waals surface area contributed by atoms with Gasteiger partial charge in [0.15, 0.2) is 0 Å². The lowest BCUT2D eigenvalue weighted by Gasteiger charge is -2.37. The number of aryl methyl sites for hydroxylation is 1. The van der Waals surface area contributed by atoms with Gasteiger partial charge in [0.25, 0.3) is 0 Å². The molecule has 0 aliphatic carbocycles. The molecule has 2 aliphatic heterocycles. The topological polar surface area (TPSA) is 40.6 Å². The van der Waals surface area contributed by atoms with Crippen molar-refractivity contribution in [2.45, 2.75) is 31.1 Å². The molecular formula is C18H24N2O2S. The molecule has 0 saturated carbocycles. The van der Waals surface area contributed by atoms with Gasteiger partial charge in [-0.3, -0.25) is 9.59 Å². The minimum atomic E-state index is -0.310. The molecule has 4 nitrogen and oxygen atoms in total. The highest BCUT2D eigenvalue weighted by Gasteiger charge is 2.48. The van der Waals surface area contributed by atoms with E-state index in [9.17, 15) is 9.59 Å². The van der Waals surface area contributed by atoms with Gasteiger partial charge in [0, 0.05) is 31.6 Å². The Morgan fingerprint density at radius 2 is 2.04 bits per heavy atom. The molecule has 2 fully saturated rings. The number of benzene rings is 1. The van der Waals surface area contributed by atoms with Gasteiger partial charge in [-0.15, -0.1) is 11.8 Å². The maximum atomic E-state index is 12.5. The number of nitrogens with zero attached hydrogens (tertiary/aromatic N) is 2. The third kappa shape index (κ3) is 3.25. The maximum absolute atomic E-state index is 12.5. The van der Waals surface area contributed by atoms with Gasteiger partial charge >= 0.3 is 0 Å². The Labute approximate surface area is 142 Å². The molecule has 2 saturated heterocycles. The van der Waals surface area contributed by atoms with Crippen molar-refractivity contribution in [1.82, 2.24) is 9.80 Å². The first-order valence-electron chi connectivity index (χ1n) is 8.24. The normalized spacial score (nSPS) is 24.5. The molecule has 1 aromatic carbocycles. The van der Waals surface area contributed by atoms with E-state index in [0.29, 0.717) is 18.8 Å². The molecule has 0 unspecified atom stereocenters. The molecule has 1 atom stereocenters. The zero-order chi connectivity index (χ0) is 16.4. The lowest BCUT2D eigenvalue weighted by molar-refractivity contribution is -0.144. The molecule has 2 aliphatic rings. The summed E-state index contributed by atoms with van der Waals surface area (Å²) < 4.78 is 0. The van der Waals surface area contributed by atoms with Crippen LogP contribution in [0.15, 0.2) is 29.2 Å². The van der Waals surface area contributed by atoms with E-state index in [0.717, 1.165) is 30.7 Å². The second-order valence-corrected chi connectivity index (χ2v) is 7.75. The first-order valence-corrected chi connectivity index (χ1v) is 9.22. The fourth-order valence-corrected chi connectivity index (χ4v) is 4.61. The van der Waals surface area contributed by atoms with Gasteiger partial charge in [-0.1, -0.05) is 18.2 Å². The fourth-order valence-electron chi connectivity index (χ4n) is 3.68. The monoisotopic (exact) mass is 332 g/mol. The molecule has 2 amide bonds. The number of hydrogen-bond donors (Lipinski definition) is 0. The van der Waals surface area contributed by atoms with Crippen LogP contribution < -0.4 is 0 Å². The number of piperidine rings is 1. The van der Waals surface area contributed by atoms with Gasteiger partial charge in [0.2, 0.25) is 11.8 Å². The second-order valence-electron chi connectivity index (χ2n) is 6.73. The lowest BCUT2D eigenvalue weighted by Crippen LogP contribution is -2.48. The third-order valence-corrected chi connectivity index (χ3v) is 6.26. The van der Waals surface area contributed by atoms with Crippen LogP contribution in [0.4, 0.5) is 0 Å². The van der Waals surface area contributed by atoms with E-state index in [2.05, 4.69) is 19.1 Å². The van der Waals surface area contributed by atoms with Crippen LogP contribution in [-0.4, -0.2) is 54.0 Å². The molecule has 124 valence electrons. The Balaban J connectivity index is 1.59. The van der Waals surface area contributed by atoms with Gasteiger partial charge in [0.1, 0.15) is 0 Å². The summed E-state index contributed by atoms with van der Waals surface area (Å²) in [6.45, 7) is 4.22. The van der Waals surface area contributed by atoms with Crippen molar-refractivity contribution in [2.24, 2.45) is 5.41 Å². The van der Waals surface area contributed by atoms with Crippen molar-refractivity contribution in [3.8, 4) is 0 Å².